The Morgan fingerprint density at radius 3 is 2.44 bits per heavy atom. The van der Waals surface area contributed by atoms with Crippen LogP contribution in [0, 0.1) is 0 Å². The van der Waals surface area contributed by atoms with Gasteiger partial charge in [-0.2, -0.15) is 0 Å². The first kappa shape index (κ1) is 12.6. The van der Waals surface area contributed by atoms with Gasteiger partial charge in [0.2, 0.25) is 0 Å². The van der Waals surface area contributed by atoms with Crippen LogP contribution >= 0.6 is 11.8 Å². The summed E-state index contributed by atoms with van der Waals surface area (Å²) in [6, 6.07) is 9.73. The molecule has 1 aromatic rings. The number of hydrogen-bond acceptors (Lipinski definition) is 4. The molecule has 3 nitrogen and oxygen atoms in total. The van der Waals surface area contributed by atoms with Crippen molar-refractivity contribution < 1.29 is 9.53 Å². The smallest absolute Gasteiger partial charge is 0.346 e. The molecular weight excluding hydrogens is 222 g/mol. The van der Waals surface area contributed by atoms with Crippen molar-refractivity contribution in [3.05, 3.63) is 41.4 Å². The van der Waals surface area contributed by atoms with Crippen LogP contribution in [-0.4, -0.2) is 32.1 Å². The Hall–Kier alpha value is -1.42. The number of hydrogen-bond donors (Lipinski definition) is 0. The highest BCUT2D eigenvalue weighted by molar-refractivity contribution is 8.04. The fraction of sp³-hybridized carbons (Fsp3) is 0.250. The molecule has 0 spiro atoms. The van der Waals surface area contributed by atoms with E-state index in [1.165, 1.54) is 18.9 Å². The van der Waals surface area contributed by atoms with Crippen LogP contribution in [0.1, 0.15) is 0 Å². The van der Waals surface area contributed by atoms with E-state index in [0.717, 1.165) is 4.90 Å². The lowest BCUT2D eigenvalue weighted by Crippen LogP contribution is -2.08. The molecule has 0 fully saturated rings. The molecule has 0 aromatic heterocycles. The van der Waals surface area contributed by atoms with E-state index in [-0.39, 0.29) is 5.97 Å². The summed E-state index contributed by atoms with van der Waals surface area (Å²) in [5.41, 5.74) is 0. The zero-order valence-electron chi connectivity index (χ0n) is 9.64. The maximum Gasteiger partial charge on any atom is 0.346 e. The van der Waals surface area contributed by atoms with Gasteiger partial charge in [0.25, 0.3) is 0 Å². The Labute approximate surface area is 100 Å². The molecule has 0 amide bonds. The van der Waals surface area contributed by atoms with Crippen molar-refractivity contribution in [1.82, 2.24) is 4.90 Å². The van der Waals surface area contributed by atoms with Crippen molar-refractivity contribution in [1.29, 1.82) is 0 Å². The van der Waals surface area contributed by atoms with E-state index in [9.17, 15) is 4.79 Å². The molecule has 0 N–H and O–H groups in total. The van der Waals surface area contributed by atoms with Gasteiger partial charge in [0, 0.05) is 25.2 Å². The first-order valence-electron chi connectivity index (χ1n) is 4.83. The Morgan fingerprint density at radius 2 is 1.94 bits per heavy atom. The quantitative estimate of drug-likeness (QED) is 0.457. The highest BCUT2D eigenvalue weighted by atomic mass is 32.2. The van der Waals surface area contributed by atoms with Gasteiger partial charge in [-0.3, -0.25) is 0 Å². The number of rotatable bonds is 4. The molecule has 4 heteroatoms. The molecule has 0 saturated carbocycles. The minimum absolute atomic E-state index is 0.317. The monoisotopic (exact) mass is 237 g/mol. The van der Waals surface area contributed by atoms with E-state index in [2.05, 4.69) is 0 Å². The minimum Gasteiger partial charge on any atom is -0.465 e. The van der Waals surface area contributed by atoms with Crippen LogP contribution in [0.3, 0.4) is 0 Å². The number of esters is 1. The minimum atomic E-state index is -0.317. The number of nitrogens with zero attached hydrogens (tertiary/aromatic N) is 1. The SMILES string of the molecule is COC(=O)/C(=C\N(C)C)Sc1ccccc1. The number of carbonyl (C=O) groups excluding carboxylic acids is 1. The van der Waals surface area contributed by atoms with Crippen molar-refractivity contribution in [2.75, 3.05) is 21.2 Å². The third-order valence-electron chi connectivity index (χ3n) is 1.73. The lowest BCUT2D eigenvalue weighted by Gasteiger charge is -2.09. The molecule has 1 aromatic carbocycles. The summed E-state index contributed by atoms with van der Waals surface area (Å²) in [4.78, 5) is 14.9. The highest BCUT2D eigenvalue weighted by Crippen LogP contribution is 2.27. The van der Waals surface area contributed by atoms with Crippen molar-refractivity contribution in [3.63, 3.8) is 0 Å². The van der Waals surface area contributed by atoms with E-state index in [1.54, 1.807) is 6.20 Å². The van der Waals surface area contributed by atoms with Crippen LogP contribution in [0.15, 0.2) is 46.3 Å². The predicted octanol–water partition coefficient (Wildman–Crippen LogP) is 2.35. The fourth-order valence-electron chi connectivity index (χ4n) is 1.07. The number of benzene rings is 1. The Balaban J connectivity index is 2.84. The fourth-order valence-corrected chi connectivity index (χ4v) is 2.05. The van der Waals surface area contributed by atoms with Gasteiger partial charge in [-0.15, -0.1) is 0 Å². The summed E-state index contributed by atoms with van der Waals surface area (Å²) < 4.78 is 4.73. The molecule has 0 aliphatic heterocycles. The van der Waals surface area contributed by atoms with Gasteiger partial charge in [0.05, 0.1) is 7.11 Å². The molecule has 0 saturated heterocycles. The average Bonchev–Trinajstić information content (AvgIpc) is 2.28. The maximum atomic E-state index is 11.5. The van der Waals surface area contributed by atoms with Gasteiger partial charge < -0.3 is 9.64 Å². The summed E-state index contributed by atoms with van der Waals surface area (Å²) in [6.07, 6.45) is 1.75. The van der Waals surface area contributed by atoms with Crippen molar-refractivity contribution in [2.24, 2.45) is 0 Å². The van der Waals surface area contributed by atoms with Crippen LogP contribution in [-0.2, 0) is 9.53 Å². The first-order chi connectivity index (χ1) is 7.63. The van der Waals surface area contributed by atoms with Crippen LogP contribution in [0.4, 0.5) is 0 Å². The largest absolute Gasteiger partial charge is 0.465 e. The Bertz CT molecular complexity index is 374. The number of carbonyl (C=O) groups is 1. The Morgan fingerprint density at radius 1 is 1.31 bits per heavy atom. The summed E-state index contributed by atoms with van der Waals surface area (Å²) in [5, 5.41) is 0. The van der Waals surface area contributed by atoms with Crippen LogP contribution in [0.5, 0.6) is 0 Å². The third-order valence-corrected chi connectivity index (χ3v) is 2.73. The second-order valence-corrected chi connectivity index (χ2v) is 4.48. The lowest BCUT2D eigenvalue weighted by molar-refractivity contribution is -0.135. The van der Waals surface area contributed by atoms with Gasteiger partial charge in [0.15, 0.2) is 0 Å². The summed E-state index contributed by atoms with van der Waals surface area (Å²) in [6.45, 7) is 0. The molecule has 16 heavy (non-hydrogen) atoms. The van der Waals surface area contributed by atoms with E-state index in [4.69, 9.17) is 4.74 Å². The lowest BCUT2D eigenvalue weighted by atomic mass is 10.4. The molecule has 1 rings (SSSR count). The molecule has 0 heterocycles. The van der Waals surface area contributed by atoms with Gasteiger partial charge in [0.1, 0.15) is 4.91 Å². The van der Waals surface area contributed by atoms with E-state index in [0.29, 0.717) is 4.91 Å². The van der Waals surface area contributed by atoms with Crippen LogP contribution in [0.2, 0.25) is 0 Å². The molecule has 0 unspecified atom stereocenters. The maximum absolute atomic E-state index is 11.5. The van der Waals surface area contributed by atoms with Gasteiger partial charge in [-0.05, 0) is 12.1 Å². The molecule has 0 bridgehead atoms. The van der Waals surface area contributed by atoms with Crippen molar-refractivity contribution in [3.8, 4) is 0 Å². The zero-order valence-corrected chi connectivity index (χ0v) is 10.5. The summed E-state index contributed by atoms with van der Waals surface area (Å²) >= 11 is 1.39. The molecule has 0 aliphatic rings. The summed E-state index contributed by atoms with van der Waals surface area (Å²) in [7, 11) is 5.13. The average molecular weight is 237 g/mol. The number of thioether (sulfide) groups is 1. The van der Waals surface area contributed by atoms with E-state index < -0.39 is 0 Å². The van der Waals surface area contributed by atoms with Crippen LogP contribution in [0.25, 0.3) is 0 Å². The van der Waals surface area contributed by atoms with E-state index in [1.807, 2.05) is 49.3 Å². The van der Waals surface area contributed by atoms with Gasteiger partial charge >= 0.3 is 5.97 Å². The predicted molar refractivity (Wildman–Crippen MR) is 66.1 cm³/mol. The second kappa shape index (κ2) is 6.23. The van der Waals surface area contributed by atoms with Crippen molar-refractivity contribution in [2.45, 2.75) is 4.90 Å². The number of ether oxygens (including phenoxy) is 1. The molecule has 0 aliphatic carbocycles. The standard InChI is InChI=1S/C12H15NO2S/c1-13(2)9-11(12(14)15-3)16-10-7-5-4-6-8-10/h4-9H,1-3H3/b11-9+. The van der Waals surface area contributed by atoms with Gasteiger partial charge in [-0.25, -0.2) is 4.79 Å². The number of methoxy groups -OCH3 is 1. The first-order valence-corrected chi connectivity index (χ1v) is 5.64. The highest BCUT2D eigenvalue weighted by Gasteiger charge is 2.11. The second-order valence-electron chi connectivity index (χ2n) is 3.36. The topological polar surface area (TPSA) is 29.5 Å². The summed E-state index contributed by atoms with van der Waals surface area (Å²) in [5.74, 6) is -0.317. The normalized spacial score (nSPS) is 11.1. The molecule has 0 atom stereocenters. The van der Waals surface area contributed by atoms with Gasteiger partial charge in [-0.1, -0.05) is 30.0 Å². The van der Waals surface area contributed by atoms with Crippen LogP contribution < -0.4 is 0 Å². The Kier molecular flexibility index (Phi) is 4.92. The molecular formula is C12H15NO2S. The molecule has 86 valence electrons. The third kappa shape index (κ3) is 3.98. The molecule has 0 radical (unpaired) electrons. The van der Waals surface area contributed by atoms with E-state index >= 15 is 0 Å². The zero-order chi connectivity index (χ0) is 12.0. The van der Waals surface area contributed by atoms with Crippen molar-refractivity contribution >= 4 is 17.7 Å².